The molecule has 2 nitrogen and oxygen atoms in total. The Morgan fingerprint density at radius 2 is 1.40 bits per heavy atom. The molecule has 1 saturated heterocycles. The lowest BCUT2D eigenvalue weighted by Gasteiger charge is -2.11. The first-order valence-electron chi connectivity index (χ1n) is 11.0. The number of hydrogen-bond donors (Lipinski definition) is 0. The molecular weight excluding hydrogens is 308 g/mol. The topological polar surface area (TPSA) is 26.3 Å². The number of rotatable bonds is 3. The van der Waals surface area contributed by atoms with Gasteiger partial charge in [0.2, 0.25) is 0 Å². The van der Waals surface area contributed by atoms with Gasteiger partial charge in [-0.05, 0) is 49.4 Å². The SMILES string of the molecule is CC(C)C1CCCC1.CC(C)C1CCCO1.CC(C)[C@H]1CCCC1=O. The van der Waals surface area contributed by atoms with E-state index in [1.807, 2.05) is 0 Å². The van der Waals surface area contributed by atoms with Gasteiger partial charge in [-0.1, -0.05) is 67.2 Å². The van der Waals surface area contributed by atoms with Gasteiger partial charge in [0.1, 0.15) is 5.78 Å². The molecule has 1 heterocycles. The first-order chi connectivity index (χ1) is 11.8. The third-order valence-corrected chi connectivity index (χ3v) is 6.21. The summed E-state index contributed by atoms with van der Waals surface area (Å²) in [5.41, 5.74) is 0. The van der Waals surface area contributed by atoms with Crippen LogP contribution in [0.25, 0.3) is 0 Å². The highest BCUT2D eigenvalue weighted by Gasteiger charge is 2.26. The Morgan fingerprint density at radius 3 is 1.64 bits per heavy atom. The maximum Gasteiger partial charge on any atom is 0.136 e. The van der Waals surface area contributed by atoms with E-state index in [2.05, 4.69) is 41.5 Å². The zero-order chi connectivity index (χ0) is 18.8. The molecule has 0 spiro atoms. The van der Waals surface area contributed by atoms with Crippen molar-refractivity contribution in [2.45, 2.75) is 105 Å². The second-order valence-corrected chi connectivity index (χ2v) is 9.29. The molecule has 2 atom stereocenters. The fourth-order valence-corrected chi connectivity index (χ4v) is 4.30. The molecule has 0 aromatic rings. The number of carbonyl (C=O) groups excluding carboxylic acids is 1. The molecule has 3 aliphatic rings. The van der Waals surface area contributed by atoms with Crippen molar-refractivity contribution in [1.29, 1.82) is 0 Å². The molecule has 1 aliphatic heterocycles. The van der Waals surface area contributed by atoms with Gasteiger partial charge in [0.05, 0.1) is 6.10 Å². The first-order valence-corrected chi connectivity index (χ1v) is 11.0. The Morgan fingerprint density at radius 1 is 0.760 bits per heavy atom. The van der Waals surface area contributed by atoms with Crippen molar-refractivity contribution >= 4 is 5.78 Å². The lowest BCUT2D eigenvalue weighted by molar-refractivity contribution is -0.121. The van der Waals surface area contributed by atoms with Gasteiger partial charge in [-0.15, -0.1) is 0 Å². The minimum absolute atomic E-state index is 0.394. The van der Waals surface area contributed by atoms with Crippen LogP contribution >= 0.6 is 0 Å². The van der Waals surface area contributed by atoms with Gasteiger partial charge in [-0.2, -0.15) is 0 Å². The molecule has 3 fully saturated rings. The summed E-state index contributed by atoms with van der Waals surface area (Å²) >= 11 is 0. The summed E-state index contributed by atoms with van der Waals surface area (Å²) in [4.78, 5) is 11.0. The van der Waals surface area contributed by atoms with Crippen LogP contribution in [0.2, 0.25) is 0 Å². The maximum atomic E-state index is 11.0. The minimum Gasteiger partial charge on any atom is -0.378 e. The molecule has 0 radical (unpaired) electrons. The van der Waals surface area contributed by atoms with E-state index in [1.165, 1.54) is 38.5 Å². The number of ketones is 1. The van der Waals surface area contributed by atoms with E-state index in [1.54, 1.807) is 0 Å². The highest BCUT2D eigenvalue weighted by atomic mass is 16.5. The van der Waals surface area contributed by atoms with Gasteiger partial charge in [-0.3, -0.25) is 4.79 Å². The normalized spacial score (nSPS) is 26.8. The molecule has 1 unspecified atom stereocenters. The molecule has 0 amide bonds. The Bertz CT molecular complexity index is 327. The number of ether oxygens (including phenoxy) is 1. The Hall–Kier alpha value is -0.370. The zero-order valence-electron chi connectivity index (χ0n) is 17.9. The summed E-state index contributed by atoms with van der Waals surface area (Å²) in [6, 6.07) is 0. The van der Waals surface area contributed by atoms with Gasteiger partial charge in [-0.25, -0.2) is 0 Å². The fourth-order valence-electron chi connectivity index (χ4n) is 4.30. The van der Waals surface area contributed by atoms with E-state index in [0.29, 0.717) is 23.7 Å². The second kappa shape index (κ2) is 12.1. The second-order valence-electron chi connectivity index (χ2n) is 9.29. The molecule has 25 heavy (non-hydrogen) atoms. The molecule has 2 heteroatoms. The van der Waals surface area contributed by atoms with Crippen LogP contribution in [0.15, 0.2) is 0 Å². The monoisotopic (exact) mass is 352 g/mol. The highest BCUT2D eigenvalue weighted by Crippen LogP contribution is 2.30. The molecule has 0 aromatic carbocycles. The Labute approximate surface area is 157 Å². The molecule has 0 aromatic heterocycles. The summed E-state index contributed by atoms with van der Waals surface area (Å²) in [5, 5.41) is 0. The number of Topliss-reactive ketones (excluding diaryl/α,β-unsaturated/α-hetero) is 1. The quantitative estimate of drug-likeness (QED) is 0.567. The van der Waals surface area contributed by atoms with E-state index in [0.717, 1.165) is 43.6 Å². The predicted molar refractivity (Wildman–Crippen MR) is 108 cm³/mol. The maximum absolute atomic E-state index is 11.0. The Kier molecular flexibility index (Phi) is 11.0. The van der Waals surface area contributed by atoms with Crippen LogP contribution in [0.3, 0.4) is 0 Å². The van der Waals surface area contributed by atoms with Crippen molar-refractivity contribution in [3.63, 3.8) is 0 Å². The molecular formula is C23H44O2. The average molecular weight is 353 g/mol. The van der Waals surface area contributed by atoms with E-state index in [4.69, 9.17) is 4.74 Å². The van der Waals surface area contributed by atoms with Gasteiger partial charge >= 0.3 is 0 Å². The summed E-state index contributed by atoms with van der Waals surface area (Å²) in [7, 11) is 0. The average Bonchev–Trinajstić information content (AvgIpc) is 3.31. The number of hydrogen-bond acceptors (Lipinski definition) is 2. The molecule has 148 valence electrons. The van der Waals surface area contributed by atoms with Crippen LogP contribution < -0.4 is 0 Å². The van der Waals surface area contributed by atoms with E-state index < -0.39 is 0 Å². The van der Waals surface area contributed by atoms with E-state index in [-0.39, 0.29) is 0 Å². The van der Waals surface area contributed by atoms with Gasteiger partial charge in [0, 0.05) is 18.9 Å². The van der Waals surface area contributed by atoms with Crippen LogP contribution in [0.1, 0.15) is 99.3 Å². The molecule has 0 N–H and O–H groups in total. The summed E-state index contributed by atoms with van der Waals surface area (Å²) in [6.07, 6.45) is 12.2. The smallest absolute Gasteiger partial charge is 0.136 e. The van der Waals surface area contributed by atoms with Gasteiger partial charge in [0.25, 0.3) is 0 Å². The van der Waals surface area contributed by atoms with Crippen molar-refractivity contribution < 1.29 is 9.53 Å². The van der Waals surface area contributed by atoms with Crippen molar-refractivity contribution in [2.24, 2.45) is 29.6 Å². The summed E-state index contributed by atoms with van der Waals surface area (Å²) in [5.74, 6) is 4.18. The van der Waals surface area contributed by atoms with Crippen molar-refractivity contribution in [3.8, 4) is 0 Å². The van der Waals surface area contributed by atoms with Crippen molar-refractivity contribution in [1.82, 2.24) is 0 Å². The molecule has 2 saturated carbocycles. The molecule has 3 rings (SSSR count). The Balaban J connectivity index is 0.000000188. The number of carbonyl (C=O) groups is 1. The third kappa shape index (κ3) is 8.71. The minimum atomic E-state index is 0.394. The predicted octanol–water partition coefficient (Wildman–Crippen LogP) is 6.67. The van der Waals surface area contributed by atoms with Crippen LogP contribution in [-0.4, -0.2) is 18.5 Å². The van der Waals surface area contributed by atoms with Gasteiger partial charge < -0.3 is 4.74 Å². The summed E-state index contributed by atoms with van der Waals surface area (Å²) < 4.78 is 5.41. The van der Waals surface area contributed by atoms with Crippen molar-refractivity contribution in [2.75, 3.05) is 6.61 Å². The molecule has 2 aliphatic carbocycles. The third-order valence-electron chi connectivity index (χ3n) is 6.21. The lowest BCUT2D eigenvalue weighted by atomic mass is 9.94. The zero-order valence-corrected chi connectivity index (χ0v) is 17.9. The summed E-state index contributed by atoms with van der Waals surface area (Å²) in [6.45, 7) is 14.4. The van der Waals surface area contributed by atoms with E-state index in [9.17, 15) is 4.79 Å². The van der Waals surface area contributed by atoms with Crippen LogP contribution in [0.5, 0.6) is 0 Å². The van der Waals surface area contributed by atoms with E-state index >= 15 is 0 Å². The fraction of sp³-hybridized carbons (Fsp3) is 0.957. The lowest BCUT2D eigenvalue weighted by Crippen LogP contribution is -2.12. The standard InChI is InChI=1S/C8H14O.C8H16.C7H14O/c1-6(2)7-4-3-5-8(7)9;1-7(2)8-5-3-4-6-8;1-6(2)7-4-3-5-8-7/h6-7H,3-5H2,1-2H3;7-8H,3-6H2,1-2H3;6-7H,3-5H2,1-2H3/t7-;;/m1../s1. The molecule has 0 bridgehead atoms. The first kappa shape index (κ1) is 22.7. The van der Waals surface area contributed by atoms with Gasteiger partial charge in [0.15, 0.2) is 0 Å². The highest BCUT2D eigenvalue weighted by molar-refractivity contribution is 5.83. The van der Waals surface area contributed by atoms with Crippen LogP contribution in [0.4, 0.5) is 0 Å². The van der Waals surface area contributed by atoms with Crippen LogP contribution in [0, 0.1) is 29.6 Å². The van der Waals surface area contributed by atoms with Crippen molar-refractivity contribution in [3.05, 3.63) is 0 Å². The van der Waals surface area contributed by atoms with Crippen LogP contribution in [-0.2, 0) is 9.53 Å². The largest absolute Gasteiger partial charge is 0.378 e.